The molecule has 0 saturated heterocycles. The van der Waals surface area contributed by atoms with Gasteiger partial charge in [0.1, 0.15) is 0 Å². The highest BCUT2D eigenvalue weighted by Gasteiger charge is 2.07. The van der Waals surface area contributed by atoms with Gasteiger partial charge in [-0.2, -0.15) is 0 Å². The first-order valence-corrected chi connectivity index (χ1v) is 6.71. The molecule has 2 rings (SSSR count). The highest BCUT2D eigenvalue weighted by atomic mass is 16.5. The Balaban J connectivity index is 2.10. The number of hydrogen-bond donors (Lipinski definition) is 1. The molecule has 2 heterocycles. The molecule has 0 radical (unpaired) electrons. The summed E-state index contributed by atoms with van der Waals surface area (Å²) in [5.74, 6) is 1.28. The molecule has 0 aliphatic heterocycles. The molecule has 2 aromatic heterocycles. The number of ether oxygens (including phenoxy) is 1. The normalized spacial score (nSPS) is 10.7. The Morgan fingerprint density at radius 3 is 2.55 bits per heavy atom. The highest BCUT2D eigenvalue weighted by molar-refractivity contribution is 5.33. The van der Waals surface area contributed by atoms with Crippen LogP contribution in [0.1, 0.15) is 30.8 Å². The van der Waals surface area contributed by atoms with Gasteiger partial charge in [0.2, 0.25) is 11.8 Å². The van der Waals surface area contributed by atoms with Gasteiger partial charge in [0.05, 0.1) is 6.10 Å². The topological polar surface area (TPSA) is 59.9 Å². The highest BCUT2D eigenvalue weighted by Crippen LogP contribution is 2.17. The zero-order valence-electron chi connectivity index (χ0n) is 12.3. The molecule has 20 heavy (non-hydrogen) atoms. The maximum absolute atomic E-state index is 5.69. The number of aromatic nitrogens is 3. The summed E-state index contributed by atoms with van der Waals surface area (Å²) in [5.41, 5.74) is 2.89. The minimum absolute atomic E-state index is 0.0983. The third kappa shape index (κ3) is 3.91. The van der Waals surface area contributed by atoms with Crippen molar-refractivity contribution in [1.82, 2.24) is 15.0 Å². The van der Waals surface area contributed by atoms with Crippen molar-refractivity contribution in [2.45, 2.75) is 40.3 Å². The number of pyridine rings is 1. The Bertz CT molecular complexity index is 564. The largest absolute Gasteiger partial charge is 0.475 e. The summed E-state index contributed by atoms with van der Waals surface area (Å²) >= 11 is 0. The van der Waals surface area contributed by atoms with Crippen LogP contribution >= 0.6 is 0 Å². The van der Waals surface area contributed by atoms with E-state index in [0.29, 0.717) is 18.4 Å². The third-order valence-corrected chi connectivity index (χ3v) is 2.62. The van der Waals surface area contributed by atoms with Crippen molar-refractivity contribution in [3.8, 4) is 5.88 Å². The summed E-state index contributed by atoms with van der Waals surface area (Å²) in [6, 6.07) is 5.83. The SMILES string of the molecule is Cc1cc(C)nc(NCc2cccnc2OC(C)C)n1. The van der Waals surface area contributed by atoms with Crippen molar-refractivity contribution in [2.75, 3.05) is 5.32 Å². The quantitative estimate of drug-likeness (QED) is 0.907. The molecule has 0 amide bonds. The molecule has 106 valence electrons. The third-order valence-electron chi connectivity index (χ3n) is 2.62. The molecule has 0 atom stereocenters. The molecule has 0 bridgehead atoms. The van der Waals surface area contributed by atoms with Crippen LogP contribution in [-0.2, 0) is 6.54 Å². The number of nitrogens with zero attached hydrogens (tertiary/aromatic N) is 3. The van der Waals surface area contributed by atoms with Crippen molar-refractivity contribution in [3.63, 3.8) is 0 Å². The van der Waals surface area contributed by atoms with Gasteiger partial charge in [-0.25, -0.2) is 15.0 Å². The van der Waals surface area contributed by atoms with Crippen LogP contribution in [0.3, 0.4) is 0 Å². The molecule has 5 heteroatoms. The average molecular weight is 272 g/mol. The summed E-state index contributed by atoms with van der Waals surface area (Å²) in [6.07, 6.45) is 1.83. The van der Waals surface area contributed by atoms with Crippen LogP contribution < -0.4 is 10.1 Å². The lowest BCUT2D eigenvalue weighted by atomic mass is 10.2. The Morgan fingerprint density at radius 2 is 1.90 bits per heavy atom. The fraction of sp³-hybridized carbons (Fsp3) is 0.400. The lowest BCUT2D eigenvalue weighted by molar-refractivity contribution is 0.230. The van der Waals surface area contributed by atoms with Crippen molar-refractivity contribution in [2.24, 2.45) is 0 Å². The summed E-state index contributed by atoms with van der Waals surface area (Å²) < 4.78 is 5.69. The van der Waals surface area contributed by atoms with Crippen molar-refractivity contribution < 1.29 is 4.74 Å². The minimum atomic E-state index is 0.0983. The second-order valence-electron chi connectivity index (χ2n) is 4.96. The molecular formula is C15H20N4O. The fourth-order valence-corrected chi connectivity index (χ4v) is 1.87. The first kappa shape index (κ1) is 14.2. The predicted molar refractivity (Wildman–Crippen MR) is 78.8 cm³/mol. The smallest absolute Gasteiger partial charge is 0.223 e. The van der Waals surface area contributed by atoms with Crippen LogP contribution in [0.4, 0.5) is 5.95 Å². The van der Waals surface area contributed by atoms with Gasteiger partial charge in [-0.1, -0.05) is 6.07 Å². The maximum Gasteiger partial charge on any atom is 0.223 e. The van der Waals surface area contributed by atoms with Crippen LogP contribution in [0.2, 0.25) is 0 Å². The molecule has 0 aromatic carbocycles. The summed E-state index contributed by atoms with van der Waals surface area (Å²) in [6.45, 7) is 8.46. The molecule has 0 saturated carbocycles. The van der Waals surface area contributed by atoms with E-state index in [0.717, 1.165) is 17.0 Å². The van der Waals surface area contributed by atoms with Gasteiger partial charge < -0.3 is 10.1 Å². The Hall–Kier alpha value is -2.17. The second kappa shape index (κ2) is 6.32. The molecule has 0 fully saturated rings. The molecule has 0 aliphatic carbocycles. The number of hydrogen-bond acceptors (Lipinski definition) is 5. The van der Waals surface area contributed by atoms with E-state index in [2.05, 4.69) is 20.3 Å². The second-order valence-corrected chi connectivity index (χ2v) is 4.96. The van der Waals surface area contributed by atoms with Crippen LogP contribution in [-0.4, -0.2) is 21.1 Å². The molecular weight excluding hydrogens is 252 g/mol. The van der Waals surface area contributed by atoms with Gasteiger partial charge in [0, 0.05) is 29.7 Å². The van der Waals surface area contributed by atoms with Gasteiger partial charge in [-0.3, -0.25) is 0 Å². The molecule has 0 unspecified atom stereocenters. The summed E-state index contributed by atoms with van der Waals surface area (Å²) in [4.78, 5) is 13.0. The molecule has 2 aromatic rings. The van der Waals surface area contributed by atoms with E-state index in [1.165, 1.54) is 0 Å². The van der Waals surface area contributed by atoms with Gasteiger partial charge >= 0.3 is 0 Å². The molecule has 0 aliphatic rings. The number of rotatable bonds is 5. The Labute approximate surface area is 119 Å². The van der Waals surface area contributed by atoms with Crippen LogP contribution in [0, 0.1) is 13.8 Å². The molecule has 0 spiro atoms. The van der Waals surface area contributed by atoms with E-state index in [9.17, 15) is 0 Å². The maximum atomic E-state index is 5.69. The van der Waals surface area contributed by atoms with Crippen molar-refractivity contribution in [1.29, 1.82) is 0 Å². The fourth-order valence-electron chi connectivity index (χ4n) is 1.87. The summed E-state index contributed by atoms with van der Waals surface area (Å²) in [5, 5.41) is 3.21. The molecule has 5 nitrogen and oxygen atoms in total. The Morgan fingerprint density at radius 1 is 1.20 bits per heavy atom. The number of aryl methyl sites for hydroxylation is 2. The van der Waals surface area contributed by atoms with Gasteiger partial charge in [-0.15, -0.1) is 0 Å². The lowest BCUT2D eigenvalue weighted by Crippen LogP contribution is -2.11. The first-order valence-electron chi connectivity index (χ1n) is 6.71. The molecule has 1 N–H and O–H groups in total. The van der Waals surface area contributed by atoms with E-state index in [-0.39, 0.29) is 6.10 Å². The first-order chi connectivity index (χ1) is 9.54. The van der Waals surface area contributed by atoms with Gasteiger partial charge in [0.25, 0.3) is 0 Å². The van der Waals surface area contributed by atoms with E-state index in [1.54, 1.807) is 6.20 Å². The lowest BCUT2D eigenvalue weighted by Gasteiger charge is -2.13. The van der Waals surface area contributed by atoms with Crippen LogP contribution in [0.15, 0.2) is 24.4 Å². The van der Waals surface area contributed by atoms with Crippen molar-refractivity contribution in [3.05, 3.63) is 41.3 Å². The monoisotopic (exact) mass is 272 g/mol. The van der Waals surface area contributed by atoms with Crippen LogP contribution in [0.25, 0.3) is 0 Å². The standard InChI is InChI=1S/C15H20N4O/c1-10(2)20-14-13(6-5-7-16-14)9-17-15-18-11(3)8-12(4)19-15/h5-8,10H,9H2,1-4H3,(H,17,18,19). The van der Waals surface area contributed by atoms with Gasteiger partial charge in [-0.05, 0) is 39.8 Å². The van der Waals surface area contributed by atoms with Crippen LogP contribution in [0.5, 0.6) is 5.88 Å². The zero-order valence-corrected chi connectivity index (χ0v) is 12.3. The Kier molecular flexibility index (Phi) is 4.50. The van der Waals surface area contributed by atoms with E-state index < -0.39 is 0 Å². The van der Waals surface area contributed by atoms with E-state index in [1.807, 2.05) is 45.9 Å². The average Bonchev–Trinajstić information content (AvgIpc) is 2.36. The van der Waals surface area contributed by atoms with E-state index in [4.69, 9.17) is 4.74 Å². The number of anilines is 1. The van der Waals surface area contributed by atoms with Gasteiger partial charge in [0.15, 0.2) is 0 Å². The zero-order chi connectivity index (χ0) is 14.5. The number of nitrogens with one attached hydrogen (secondary N) is 1. The van der Waals surface area contributed by atoms with E-state index >= 15 is 0 Å². The predicted octanol–water partition coefficient (Wildman–Crippen LogP) is 2.89. The summed E-state index contributed by atoms with van der Waals surface area (Å²) in [7, 11) is 0. The minimum Gasteiger partial charge on any atom is -0.475 e. The van der Waals surface area contributed by atoms with Crippen molar-refractivity contribution >= 4 is 5.95 Å².